The lowest BCUT2D eigenvalue weighted by Crippen LogP contribution is -2.41. The average Bonchev–Trinajstić information content (AvgIpc) is 2.60. The first kappa shape index (κ1) is 11.5. The lowest BCUT2D eigenvalue weighted by atomic mass is 10.6. The molecule has 0 aliphatic rings. The maximum Gasteiger partial charge on any atom is 0.346 e. The first-order valence-electron chi connectivity index (χ1n) is 4.44. The molecule has 0 spiro atoms. The number of hydrogen-bond acceptors (Lipinski definition) is 6. The highest BCUT2D eigenvalue weighted by molar-refractivity contribution is 9.10. The Hall–Kier alpha value is -1.97. The van der Waals surface area contributed by atoms with Crippen LogP contribution in [0.4, 0.5) is 5.95 Å². The predicted molar refractivity (Wildman–Crippen MR) is 61.7 cm³/mol. The van der Waals surface area contributed by atoms with Crippen molar-refractivity contribution in [2.75, 3.05) is 5.73 Å². The lowest BCUT2D eigenvalue weighted by molar-refractivity contribution is 0.576. The van der Waals surface area contributed by atoms with E-state index < -0.39 is 11.2 Å². The fraction of sp³-hybridized carbons (Fsp3) is 0.286. The third-order valence-electron chi connectivity index (χ3n) is 2.09. The number of aromatic nitrogens is 6. The summed E-state index contributed by atoms with van der Waals surface area (Å²) in [6, 6.07) is 0. The number of rotatable bonds is 1. The Balaban J connectivity index is 2.82. The molecule has 2 rings (SSSR count). The highest BCUT2D eigenvalue weighted by Gasteiger charge is 2.15. The van der Waals surface area contributed by atoms with Crippen molar-refractivity contribution in [2.24, 2.45) is 14.1 Å². The smallest absolute Gasteiger partial charge is 0.346 e. The molecule has 0 aromatic carbocycles. The first-order valence-corrected chi connectivity index (χ1v) is 5.24. The molecule has 9 nitrogen and oxygen atoms in total. The molecule has 0 bridgehead atoms. The first-order chi connectivity index (χ1) is 7.91. The summed E-state index contributed by atoms with van der Waals surface area (Å²) < 4.78 is 3.31. The Kier molecular flexibility index (Phi) is 2.58. The third-order valence-corrected chi connectivity index (χ3v) is 2.60. The van der Waals surface area contributed by atoms with Gasteiger partial charge in [0.2, 0.25) is 16.5 Å². The number of nitrogens with zero attached hydrogens (tertiary/aromatic N) is 6. The summed E-state index contributed by atoms with van der Waals surface area (Å²) in [7, 11) is 2.78. The van der Waals surface area contributed by atoms with E-state index in [1.807, 2.05) is 0 Å². The van der Waals surface area contributed by atoms with Gasteiger partial charge < -0.3 is 5.73 Å². The number of anilines is 1. The summed E-state index contributed by atoms with van der Waals surface area (Å²) in [5.74, 6) is -0.0692. The molecule has 0 aliphatic heterocycles. The maximum absolute atomic E-state index is 11.8. The van der Waals surface area contributed by atoms with E-state index in [2.05, 4.69) is 31.1 Å². The van der Waals surface area contributed by atoms with Crippen LogP contribution < -0.4 is 17.0 Å². The van der Waals surface area contributed by atoms with E-state index >= 15 is 0 Å². The van der Waals surface area contributed by atoms with Gasteiger partial charge >= 0.3 is 11.2 Å². The van der Waals surface area contributed by atoms with Crippen molar-refractivity contribution in [1.82, 2.24) is 29.1 Å². The van der Waals surface area contributed by atoms with Crippen molar-refractivity contribution >= 4 is 21.9 Å². The largest absolute Gasteiger partial charge is 0.366 e. The normalized spacial score (nSPS) is 10.8. The molecule has 0 saturated heterocycles. The standard InChI is InChI=1S/C7H8BrN7O2/c1-13-4(16)3(11-14(2)7(13)17)15-5(8)10-6(9)12-15/h1-2H3,(H2,9,12). The molecule has 17 heavy (non-hydrogen) atoms. The van der Waals surface area contributed by atoms with Crippen molar-refractivity contribution < 1.29 is 0 Å². The minimum absolute atomic E-state index is 0.00502. The summed E-state index contributed by atoms with van der Waals surface area (Å²) >= 11 is 3.09. The van der Waals surface area contributed by atoms with Gasteiger partial charge in [0.15, 0.2) is 0 Å². The molecule has 0 fully saturated rings. The summed E-state index contributed by atoms with van der Waals surface area (Å²) in [4.78, 5) is 27.1. The number of aryl methyl sites for hydroxylation is 1. The zero-order valence-corrected chi connectivity index (χ0v) is 10.5. The summed E-state index contributed by atoms with van der Waals surface area (Å²) in [6.07, 6.45) is 0. The van der Waals surface area contributed by atoms with Crippen LogP contribution in [-0.2, 0) is 14.1 Å². The SMILES string of the molecule is Cn1nc(-n2nc(N)nc2Br)c(=O)n(C)c1=O. The van der Waals surface area contributed by atoms with Crippen LogP contribution in [0.15, 0.2) is 14.3 Å². The molecule has 90 valence electrons. The highest BCUT2D eigenvalue weighted by atomic mass is 79.9. The van der Waals surface area contributed by atoms with Crippen LogP contribution in [0.3, 0.4) is 0 Å². The zero-order chi connectivity index (χ0) is 12.7. The van der Waals surface area contributed by atoms with E-state index in [-0.39, 0.29) is 16.5 Å². The molecule has 2 aromatic heterocycles. The minimum Gasteiger partial charge on any atom is -0.366 e. The Morgan fingerprint density at radius 3 is 2.41 bits per heavy atom. The second kappa shape index (κ2) is 3.80. The zero-order valence-electron chi connectivity index (χ0n) is 8.96. The van der Waals surface area contributed by atoms with Gasteiger partial charge in [0, 0.05) is 14.1 Å². The van der Waals surface area contributed by atoms with E-state index in [9.17, 15) is 9.59 Å². The average molecular weight is 302 g/mol. The Morgan fingerprint density at radius 1 is 1.24 bits per heavy atom. The van der Waals surface area contributed by atoms with Crippen molar-refractivity contribution in [2.45, 2.75) is 0 Å². The molecule has 2 aromatic rings. The van der Waals surface area contributed by atoms with Gasteiger partial charge in [-0.3, -0.25) is 9.36 Å². The van der Waals surface area contributed by atoms with Crippen molar-refractivity contribution in [3.05, 3.63) is 25.6 Å². The van der Waals surface area contributed by atoms with Crippen LogP contribution in [0.2, 0.25) is 0 Å². The van der Waals surface area contributed by atoms with E-state index in [1.54, 1.807) is 0 Å². The van der Waals surface area contributed by atoms with Gasteiger partial charge in [-0.05, 0) is 15.9 Å². The number of nitrogen functional groups attached to an aromatic ring is 1. The van der Waals surface area contributed by atoms with Gasteiger partial charge in [0.05, 0.1) is 0 Å². The van der Waals surface area contributed by atoms with Gasteiger partial charge in [0.1, 0.15) is 0 Å². The number of halogens is 1. The summed E-state index contributed by atoms with van der Waals surface area (Å²) in [6.45, 7) is 0. The van der Waals surface area contributed by atoms with Crippen molar-refractivity contribution in [1.29, 1.82) is 0 Å². The Morgan fingerprint density at radius 2 is 1.88 bits per heavy atom. The molecule has 2 N–H and O–H groups in total. The molecule has 2 heterocycles. The molecule has 0 atom stereocenters. The van der Waals surface area contributed by atoms with Crippen molar-refractivity contribution in [3.63, 3.8) is 0 Å². The third kappa shape index (κ3) is 1.75. The molecule has 0 unspecified atom stereocenters. The number of hydrogen-bond donors (Lipinski definition) is 1. The van der Waals surface area contributed by atoms with E-state index in [4.69, 9.17) is 5.73 Å². The number of nitrogens with two attached hydrogens (primary N) is 1. The van der Waals surface area contributed by atoms with Crippen LogP contribution in [0, 0.1) is 0 Å². The molecule has 0 radical (unpaired) electrons. The summed E-state index contributed by atoms with van der Waals surface area (Å²) in [5.41, 5.74) is 4.29. The van der Waals surface area contributed by atoms with Crippen LogP contribution in [0.1, 0.15) is 0 Å². The van der Waals surface area contributed by atoms with E-state index in [0.29, 0.717) is 0 Å². The van der Waals surface area contributed by atoms with Crippen LogP contribution >= 0.6 is 15.9 Å². The summed E-state index contributed by atoms with van der Waals surface area (Å²) in [5, 5.41) is 7.62. The monoisotopic (exact) mass is 301 g/mol. The molecular formula is C7H8BrN7O2. The molecule has 0 aliphatic carbocycles. The van der Waals surface area contributed by atoms with Gasteiger partial charge in [0.25, 0.3) is 0 Å². The van der Waals surface area contributed by atoms with E-state index in [0.717, 1.165) is 13.9 Å². The predicted octanol–water partition coefficient (Wildman–Crippen LogP) is -1.60. The molecular weight excluding hydrogens is 294 g/mol. The van der Waals surface area contributed by atoms with E-state index in [1.165, 1.54) is 14.1 Å². The molecule has 0 saturated carbocycles. The Labute approximate surface area is 103 Å². The van der Waals surface area contributed by atoms with Crippen LogP contribution in [-0.4, -0.2) is 29.1 Å². The van der Waals surface area contributed by atoms with Gasteiger partial charge in [-0.25, -0.2) is 9.48 Å². The van der Waals surface area contributed by atoms with Crippen LogP contribution in [0.25, 0.3) is 5.82 Å². The lowest BCUT2D eigenvalue weighted by Gasteiger charge is -2.04. The topological polar surface area (TPSA) is 114 Å². The minimum atomic E-state index is -0.585. The second-order valence-electron chi connectivity index (χ2n) is 3.24. The second-order valence-corrected chi connectivity index (χ2v) is 3.95. The van der Waals surface area contributed by atoms with Crippen LogP contribution in [0.5, 0.6) is 0 Å². The quantitative estimate of drug-likeness (QED) is 0.679. The van der Waals surface area contributed by atoms with Gasteiger partial charge in [-0.2, -0.15) is 9.67 Å². The fourth-order valence-corrected chi connectivity index (χ4v) is 1.69. The Bertz CT molecular complexity index is 697. The van der Waals surface area contributed by atoms with Crippen molar-refractivity contribution in [3.8, 4) is 5.82 Å². The van der Waals surface area contributed by atoms with Gasteiger partial charge in [-0.1, -0.05) is 0 Å². The molecule has 0 amide bonds. The maximum atomic E-state index is 11.8. The highest BCUT2D eigenvalue weighted by Crippen LogP contribution is 2.10. The van der Waals surface area contributed by atoms with Gasteiger partial charge in [-0.15, -0.1) is 10.2 Å². The molecule has 10 heteroatoms. The fourth-order valence-electron chi connectivity index (χ4n) is 1.26.